The first-order valence-corrected chi connectivity index (χ1v) is 7.26. The third kappa shape index (κ3) is 5.05. The molecule has 0 aromatic carbocycles. The van der Waals surface area contributed by atoms with Crippen LogP contribution in [0.15, 0.2) is 6.33 Å². The molecule has 1 saturated carbocycles. The highest BCUT2D eigenvalue weighted by atomic mass is 16.4. The summed E-state index contributed by atoms with van der Waals surface area (Å²) in [6.45, 7) is 0.543. The van der Waals surface area contributed by atoms with Crippen molar-refractivity contribution in [2.45, 2.75) is 44.6 Å². The van der Waals surface area contributed by atoms with Gasteiger partial charge in [-0.1, -0.05) is 6.42 Å². The smallest absolute Gasteiger partial charge is 0.315 e. The maximum atomic E-state index is 11.7. The Morgan fingerprint density at radius 1 is 1.43 bits per heavy atom. The number of amides is 2. The lowest BCUT2D eigenvalue weighted by atomic mass is 9.86. The molecule has 2 atom stereocenters. The number of rotatable bonds is 6. The normalized spacial score (nSPS) is 21.7. The molecule has 1 aromatic rings. The summed E-state index contributed by atoms with van der Waals surface area (Å²) in [5.41, 5.74) is 0. The first-order valence-electron chi connectivity index (χ1n) is 7.26. The molecule has 21 heavy (non-hydrogen) atoms. The number of aromatic amines is 1. The Kier molecular flexibility index (Phi) is 5.53. The van der Waals surface area contributed by atoms with E-state index in [1.165, 1.54) is 6.33 Å². The Labute approximate surface area is 122 Å². The summed E-state index contributed by atoms with van der Waals surface area (Å²) in [6.07, 6.45) is 5.85. The maximum Gasteiger partial charge on any atom is 0.315 e. The molecule has 0 radical (unpaired) electrons. The summed E-state index contributed by atoms with van der Waals surface area (Å²) in [4.78, 5) is 26.7. The molecule has 1 aromatic heterocycles. The number of aliphatic carboxylic acids is 1. The molecule has 0 spiro atoms. The second kappa shape index (κ2) is 7.61. The molecule has 1 aliphatic rings. The summed E-state index contributed by atoms with van der Waals surface area (Å²) in [6, 6.07) is -0.280. The van der Waals surface area contributed by atoms with Crippen molar-refractivity contribution < 1.29 is 14.7 Å². The molecule has 0 aliphatic heterocycles. The predicted octanol–water partition coefficient (Wildman–Crippen LogP) is 0.680. The van der Waals surface area contributed by atoms with E-state index in [1.54, 1.807) is 0 Å². The van der Waals surface area contributed by atoms with Crippen molar-refractivity contribution in [1.29, 1.82) is 0 Å². The number of carboxylic acid groups (broad SMARTS) is 1. The van der Waals surface area contributed by atoms with Crippen LogP contribution in [0.25, 0.3) is 0 Å². The van der Waals surface area contributed by atoms with Gasteiger partial charge >= 0.3 is 12.0 Å². The molecule has 2 unspecified atom stereocenters. The van der Waals surface area contributed by atoms with Crippen LogP contribution in [0.5, 0.6) is 0 Å². The summed E-state index contributed by atoms with van der Waals surface area (Å²) >= 11 is 0. The van der Waals surface area contributed by atoms with Gasteiger partial charge in [-0.15, -0.1) is 0 Å². The van der Waals surface area contributed by atoms with E-state index in [0.29, 0.717) is 19.4 Å². The van der Waals surface area contributed by atoms with Gasteiger partial charge in [0.2, 0.25) is 0 Å². The van der Waals surface area contributed by atoms with Crippen molar-refractivity contribution in [1.82, 2.24) is 25.8 Å². The zero-order chi connectivity index (χ0) is 15.1. The number of nitrogens with one attached hydrogen (secondary N) is 3. The summed E-state index contributed by atoms with van der Waals surface area (Å²) in [5, 5.41) is 21.1. The van der Waals surface area contributed by atoms with Crippen LogP contribution in [0.3, 0.4) is 0 Å². The SMILES string of the molecule is O=C(NCCCc1ncn[nH]1)NC1CCCC(C(=O)O)C1. The van der Waals surface area contributed by atoms with E-state index in [-0.39, 0.29) is 18.0 Å². The number of H-pyrrole nitrogens is 1. The summed E-state index contributed by atoms with van der Waals surface area (Å²) in [5.74, 6) is -0.307. The van der Waals surface area contributed by atoms with Crippen molar-refractivity contribution in [2.24, 2.45) is 5.92 Å². The molecule has 2 amide bonds. The van der Waals surface area contributed by atoms with E-state index >= 15 is 0 Å². The molecule has 4 N–H and O–H groups in total. The van der Waals surface area contributed by atoms with Crippen LogP contribution < -0.4 is 10.6 Å². The Morgan fingerprint density at radius 2 is 2.29 bits per heavy atom. The molecule has 0 saturated heterocycles. The van der Waals surface area contributed by atoms with Crippen LogP contribution in [-0.2, 0) is 11.2 Å². The summed E-state index contributed by atoms with van der Waals surface area (Å²) < 4.78 is 0. The number of carbonyl (C=O) groups excluding carboxylic acids is 1. The minimum absolute atomic E-state index is 0.0471. The quantitative estimate of drug-likeness (QED) is 0.575. The standard InChI is InChI=1S/C13H21N5O3/c19-12(20)9-3-1-4-10(7-9)17-13(21)14-6-2-5-11-15-8-16-18-11/h8-10H,1-7H2,(H,19,20)(H2,14,17,21)(H,15,16,18). The first-order chi connectivity index (χ1) is 10.1. The highest BCUT2D eigenvalue weighted by Gasteiger charge is 2.27. The molecular formula is C13H21N5O3. The van der Waals surface area contributed by atoms with Crippen LogP contribution in [0.4, 0.5) is 4.79 Å². The lowest BCUT2D eigenvalue weighted by Crippen LogP contribution is -2.45. The number of hydrogen-bond acceptors (Lipinski definition) is 4. The van der Waals surface area contributed by atoms with E-state index in [2.05, 4.69) is 25.8 Å². The molecular weight excluding hydrogens is 274 g/mol. The van der Waals surface area contributed by atoms with Crippen molar-refractivity contribution in [3.63, 3.8) is 0 Å². The highest BCUT2D eigenvalue weighted by molar-refractivity contribution is 5.74. The second-order valence-electron chi connectivity index (χ2n) is 5.33. The fourth-order valence-corrected chi connectivity index (χ4v) is 2.59. The molecule has 1 fully saturated rings. The van der Waals surface area contributed by atoms with E-state index in [9.17, 15) is 9.59 Å². The molecule has 1 heterocycles. The van der Waals surface area contributed by atoms with Crippen molar-refractivity contribution in [2.75, 3.05) is 6.54 Å². The van der Waals surface area contributed by atoms with Gasteiger partial charge in [-0.2, -0.15) is 5.10 Å². The van der Waals surface area contributed by atoms with Gasteiger partial charge in [0.05, 0.1) is 5.92 Å². The van der Waals surface area contributed by atoms with Gasteiger partial charge in [0.25, 0.3) is 0 Å². The van der Waals surface area contributed by atoms with Gasteiger partial charge in [0.15, 0.2) is 0 Å². The number of nitrogens with zero attached hydrogens (tertiary/aromatic N) is 2. The number of aryl methyl sites for hydroxylation is 1. The van der Waals surface area contributed by atoms with Crippen LogP contribution in [-0.4, -0.2) is 44.9 Å². The lowest BCUT2D eigenvalue weighted by molar-refractivity contribution is -0.143. The van der Waals surface area contributed by atoms with Gasteiger partial charge in [-0.3, -0.25) is 9.89 Å². The largest absolute Gasteiger partial charge is 0.481 e. The zero-order valence-electron chi connectivity index (χ0n) is 11.8. The third-order valence-corrected chi connectivity index (χ3v) is 3.70. The third-order valence-electron chi connectivity index (χ3n) is 3.70. The minimum Gasteiger partial charge on any atom is -0.481 e. The topological polar surface area (TPSA) is 120 Å². The van der Waals surface area contributed by atoms with Gasteiger partial charge in [0, 0.05) is 19.0 Å². The maximum absolute atomic E-state index is 11.7. The Hall–Kier alpha value is -2.12. The highest BCUT2D eigenvalue weighted by Crippen LogP contribution is 2.24. The van der Waals surface area contributed by atoms with Crippen LogP contribution in [0.2, 0.25) is 0 Å². The predicted molar refractivity (Wildman–Crippen MR) is 74.6 cm³/mol. The Bertz CT molecular complexity index is 462. The molecule has 1 aliphatic carbocycles. The number of carbonyl (C=O) groups is 2. The fourth-order valence-electron chi connectivity index (χ4n) is 2.59. The van der Waals surface area contributed by atoms with Crippen molar-refractivity contribution in [3.8, 4) is 0 Å². The van der Waals surface area contributed by atoms with Crippen molar-refractivity contribution >= 4 is 12.0 Å². The number of urea groups is 1. The van der Waals surface area contributed by atoms with Crippen LogP contribution in [0.1, 0.15) is 37.9 Å². The average Bonchev–Trinajstić information content (AvgIpc) is 2.97. The van der Waals surface area contributed by atoms with E-state index in [0.717, 1.165) is 31.5 Å². The zero-order valence-corrected chi connectivity index (χ0v) is 11.8. The minimum atomic E-state index is -0.769. The van der Waals surface area contributed by atoms with Gasteiger partial charge in [-0.25, -0.2) is 9.78 Å². The molecule has 8 heteroatoms. The summed E-state index contributed by atoms with van der Waals surface area (Å²) in [7, 11) is 0. The number of hydrogen-bond donors (Lipinski definition) is 4. The Morgan fingerprint density at radius 3 is 3.00 bits per heavy atom. The monoisotopic (exact) mass is 295 g/mol. The van der Waals surface area contributed by atoms with Crippen LogP contribution >= 0.6 is 0 Å². The van der Waals surface area contributed by atoms with E-state index in [1.807, 2.05) is 0 Å². The van der Waals surface area contributed by atoms with Gasteiger partial charge < -0.3 is 15.7 Å². The first kappa shape index (κ1) is 15.3. The molecule has 116 valence electrons. The van der Waals surface area contributed by atoms with Gasteiger partial charge in [-0.05, 0) is 25.7 Å². The molecule has 8 nitrogen and oxygen atoms in total. The lowest BCUT2D eigenvalue weighted by Gasteiger charge is -2.27. The second-order valence-corrected chi connectivity index (χ2v) is 5.33. The Balaban J connectivity index is 1.61. The van der Waals surface area contributed by atoms with Crippen LogP contribution in [0, 0.1) is 5.92 Å². The van der Waals surface area contributed by atoms with Gasteiger partial charge in [0.1, 0.15) is 12.2 Å². The van der Waals surface area contributed by atoms with E-state index < -0.39 is 5.97 Å². The fraction of sp³-hybridized carbons (Fsp3) is 0.692. The average molecular weight is 295 g/mol. The van der Waals surface area contributed by atoms with Crippen molar-refractivity contribution in [3.05, 3.63) is 12.2 Å². The number of aromatic nitrogens is 3. The van der Waals surface area contributed by atoms with E-state index in [4.69, 9.17) is 5.11 Å². The molecule has 0 bridgehead atoms. The molecule has 2 rings (SSSR count). The number of carboxylic acids is 1.